The molecule has 2 aromatic heterocycles. The maximum atomic E-state index is 12.8. The van der Waals surface area contributed by atoms with Crippen LogP contribution in [0.1, 0.15) is 45.3 Å². The monoisotopic (exact) mass is 330 g/mol. The molecule has 0 radical (unpaired) electrons. The summed E-state index contributed by atoms with van der Waals surface area (Å²) in [5.41, 5.74) is 0.133. The number of aromatic carboxylic acids is 1. The lowest BCUT2D eigenvalue weighted by Crippen LogP contribution is -2.43. The summed E-state index contributed by atoms with van der Waals surface area (Å²) in [5, 5.41) is 9.04. The third-order valence-electron chi connectivity index (χ3n) is 3.97. The molecule has 1 atom stereocenters. The van der Waals surface area contributed by atoms with Crippen LogP contribution in [0, 0.1) is 0 Å². The lowest BCUT2D eigenvalue weighted by molar-refractivity contribution is -0.00902. The quantitative estimate of drug-likeness (QED) is 0.923. The first kappa shape index (κ1) is 16.2. The second kappa shape index (κ2) is 6.84. The molecule has 3 rings (SSSR count). The third-order valence-corrected chi connectivity index (χ3v) is 3.97. The van der Waals surface area contributed by atoms with Gasteiger partial charge >= 0.3 is 5.97 Å². The van der Waals surface area contributed by atoms with Crippen LogP contribution >= 0.6 is 0 Å². The lowest BCUT2D eigenvalue weighted by Gasteiger charge is -2.34. The fraction of sp³-hybridized carbons (Fsp3) is 0.353. The molecule has 0 spiro atoms. The highest BCUT2D eigenvalue weighted by Gasteiger charge is 2.31. The molecule has 126 valence electrons. The van der Waals surface area contributed by atoms with Gasteiger partial charge in [0.25, 0.3) is 5.91 Å². The van der Waals surface area contributed by atoms with E-state index in [-0.39, 0.29) is 23.2 Å². The number of hydrogen-bond donors (Lipinski definition) is 1. The first-order chi connectivity index (χ1) is 11.6. The molecular weight excluding hydrogens is 312 g/mol. The topological polar surface area (TPSA) is 92.9 Å². The number of aryl methyl sites for hydroxylation is 1. The van der Waals surface area contributed by atoms with Crippen LogP contribution in [-0.2, 0) is 11.2 Å². The van der Waals surface area contributed by atoms with Crippen molar-refractivity contribution in [3.05, 3.63) is 53.2 Å². The molecule has 7 nitrogen and oxygen atoms in total. The number of amides is 1. The fourth-order valence-corrected chi connectivity index (χ4v) is 2.69. The Balaban J connectivity index is 1.88. The van der Waals surface area contributed by atoms with Crippen molar-refractivity contribution in [2.75, 3.05) is 19.8 Å². The molecule has 0 aromatic carbocycles. The lowest BCUT2D eigenvalue weighted by atomic mass is 10.1. The van der Waals surface area contributed by atoms with E-state index in [4.69, 9.17) is 14.3 Å². The standard InChI is InChI=1S/C17H18N2O5/c1-2-12-3-4-15(24-12)14-10-23-8-7-19(14)16(20)11-5-6-18-13(9-11)17(21)22/h3-6,9,14H,2,7-8,10H2,1H3,(H,21,22). The van der Waals surface area contributed by atoms with Crippen molar-refractivity contribution in [3.8, 4) is 0 Å². The number of ether oxygens (including phenoxy) is 1. The van der Waals surface area contributed by atoms with E-state index in [9.17, 15) is 9.59 Å². The van der Waals surface area contributed by atoms with Crippen LogP contribution in [0.2, 0.25) is 0 Å². The molecule has 1 saturated heterocycles. The summed E-state index contributed by atoms with van der Waals surface area (Å²) in [4.78, 5) is 29.3. The Morgan fingerprint density at radius 1 is 1.38 bits per heavy atom. The summed E-state index contributed by atoms with van der Waals surface area (Å²) < 4.78 is 11.3. The maximum absolute atomic E-state index is 12.8. The average molecular weight is 330 g/mol. The van der Waals surface area contributed by atoms with Gasteiger partial charge in [-0.1, -0.05) is 6.92 Å². The van der Waals surface area contributed by atoms with E-state index in [1.165, 1.54) is 18.3 Å². The Hall–Kier alpha value is -2.67. The van der Waals surface area contributed by atoms with E-state index in [0.717, 1.165) is 12.2 Å². The Kier molecular flexibility index (Phi) is 4.61. The zero-order chi connectivity index (χ0) is 17.1. The van der Waals surface area contributed by atoms with Gasteiger partial charge in [0.1, 0.15) is 23.3 Å². The number of pyridine rings is 1. The molecule has 24 heavy (non-hydrogen) atoms. The number of furan rings is 1. The number of rotatable bonds is 4. The van der Waals surface area contributed by atoms with Gasteiger partial charge in [-0.15, -0.1) is 0 Å². The molecule has 0 bridgehead atoms. The molecule has 1 amide bonds. The van der Waals surface area contributed by atoms with Crippen molar-refractivity contribution in [1.82, 2.24) is 9.88 Å². The van der Waals surface area contributed by atoms with Gasteiger partial charge in [-0.2, -0.15) is 0 Å². The predicted molar refractivity (Wildman–Crippen MR) is 83.9 cm³/mol. The van der Waals surface area contributed by atoms with Gasteiger partial charge in [-0.3, -0.25) is 4.79 Å². The summed E-state index contributed by atoms with van der Waals surface area (Å²) in [7, 11) is 0. The van der Waals surface area contributed by atoms with Crippen molar-refractivity contribution in [2.45, 2.75) is 19.4 Å². The van der Waals surface area contributed by atoms with E-state index in [1.54, 1.807) is 4.90 Å². The summed E-state index contributed by atoms with van der Waals surface area (Å²) in [6.45, 7) is 3.18. The van der Waals surface area contributed by atoms with E-state index >= 15 is 0 Å². The van der Waals surface area contributed by atoms with Crippen molar-refractivity contribution >= 4 is 11.9 Å². The van der Waals surface area contributed by atoms with E-state index in [2.05, 4.69) is 4.98 Å². The van der Waals surface area contributed by atoms with Crippen molar-refractivity contribution < 1.29 is 23.8 Å². The van der Waals surface area contributed by atoms with Gasteiger partial charge in [-0.25, -0.2) is 9.78 Å². The fourth-order valence-electron chi connectivity index (χ4n) is 2.69. The van der Waals surface area contributed by atoms with Gasteiger partial charge in [0.2, 0.25) is 0 Å². The van der Waals surface area contributed by atoms with Gasteiger partial charge in [0.05, 0.1) is 13.2 Å². The van der Waals surface area contributed by atoms with Crippen molar-refractivity contribution in [1.29, 1.82) is 0 Å². The summed E-state index contributed by atoms with van der Waals surface area (Å²) >= 11 is 0. The van der Waals surface area contributed by atoms with E-state index in [0.29, 0.717) is 25.5 Å². The molecule has 1 N–H and O–H groups in total. The molecule has 1 aliphatic rings. The van der Waals surface area contributed by atoms with Crippen LogP contribution in [0.15, 0.2) is 34.9 Å². The van der Waals surface area contributed by atoms with Gasteiger partial charge in [0.15, 0.2) is 0 Å². The van der Waals surface area contributed by atoms with Crippen molar-refractivity contribution in [3.63, 3.8) is 0 Å². The van der Waals surface area contributed by atoms with Crippen LogP contribution in [-0.4, -0.2) is 46.6 Å². The molecule has 1 fully saturated rings. The minimum atomic E-state index is -1.17. The summed E-state index contributed by atoms with van der Waals surface area (Å²) in [6.07, 6.45) is 2.10. The number of nitrogens with zero attached hydrogens (tertiary/aromatic N) is 2. The second-order valence-corrected chi connectivity index (χ2v) is 5.48. The minimum Gasteiger partial charge on any atom is -0.477 e. The molecule has 2 aromatic rings. The normalized spacial score (nSPS) is 17.7. The van der Waals surface area contributed by atoms with Crippen LogP contribution in [0.4, 0.5) is 0 Å². The first-order valence-electron chi connectivity index (χ1n) is 7.76. The summed E-state index contributed by atoms with van der Waals surface area (Å²) in [6, 6.07) is 6.22. The van der Waals surface area contributed by atoms with Crippen LogP contribution in [0.3, 0.4) is 0 Å². The molecule has 7 heteroatoms. The number of carbonyl (C=O) groups is 2. The van der Waals surface area contributed by atoms with Gasteiger partial charge in [0, 0.05) is 24.7 Å². The Labute approximate surface area is 138 Å². The zero-order valence-corrected chi connectivity index (χ0v) is 13.3. The van der Waals surface area contributed by atoms with Crippen molar-refractivity contribution in [2.24, 2.45) is 0 Å². The second-order valence-electron chi connectivity index (χ2n) is 5.48. The van der Waals surface area contributed by atoms with Crippen LogP contribution in [0.25, 0.3) is 0 Å². The Morgan fingerprint density at radius 2 is 2.21 bits per heavy atom. The number of aromatic nitrogens is 1. The number of carboxylic acids is 1. The van der Waals surface area contributed by atoms with Crippen LogP contribution in [0.5, 0.6) is 0 Å². The third kappa shape index (κ3) is 3.16. The van der Waals surface area contributed by atoms with Gasteiger partial charge < -0.3 is 19.2 Å². The molecule has 0 aliphatic carbocycles. The van der Waals surface area contributed by atoms with Gasteiger partial charge in [-0.05, 0) is 24.3 Å². The Morgan fingerprint density at radius 3 is 2.92 bits per heavy atom. The molecule has 3 heterocycles. The highest BCUT2D eigenvalue weighted by atomic mass is 16.5. The largest absolute Gasteiger partial charge is 0.477 e. The SMILES string of the molecule is CCc1ccc(C2COCCN2C(=O)c2ccnc(C(=O)O)c2)o1. The predicted octanol–water partition coefficient (Wildman–Crippen LogP) is 2.15. The number of hydrogen-bond acceptors (Lipinski definition) is 5. The highest BCUT2D eigenvalue weighted by Crippen LogP contribution is 2.27. The van der Waals surface area contributed by atoms with E-state index in [1.807, 2.05) is 19.1 Å². The number of carboxylic acid groups (broad SMARTS) is 1. The molecule has 1 aliphatic heterocycles. The maximum Gasteiger partial charge on any atom is 0.354 e. The van der Waals surface area contributed by atoms with E-state index < -0.39 is 5.97 Å². The molecule has 0 saturated carbocycles. The molecule has 1 unspecified atom stereocenters. The highest BCUT2D eigenvalue weighted by molar-refractivity contribution is 5.96. The smallest absolute Gasteiger partial charge is 0.354 e. The summed E-state index contributed by atoms with van der Waals surface area (Å²) in [5.74, 6) is 0.0944. The van der Waals surface area contributed by atoms with Crippen LogP contribution < -0.4 is 0 Å². The Bertz CT molecular complexity index is 755. The number of carbonyl (C=O) groups excluding carboxylic acids is 1. The zero-order valence-electron chi connectivity index (χ0n) is 13.3. The molecular formula is C17H18N2O5. The number of morpholine rings is 1. The average Bonchev–Trinajstić information content (AvgIpc) is 3.10. The first-order valence-corrected chi connectivity index (χ1v) is 7.76. The minimum absolute atomic E-state index is 0.156.